The fourth-order valence-electron chi connectivity index (χ4n) is 5.42. The average molecular weight is 683 g/mol. The molecule has 0 saturated heterocycles. The van der Waals surface area contributed by atoms with Gasteiger partial charge in [0.05, 0.1) is 5.56 Å². The third kappa shape index (κ3) is 9.19. The van der Waals surface area contributed by atoms with Gasteiger partial charge in [0, 0.05) is 23.1 Å². The van der Waals surface area contributed by atoms with E-state index in [2.05, 4.69) is 0 Å². The number of carbonyl (C=O) groups excluding carboxylic acids is 2. The number of esters is 1. The molecule has 0 aliphatic heterocycles. The second-order valence-corrected chi connectivity index (χ2v) is 11.9. The van der Waals surface area contributed by atoms with E-state index >= 15 is 0 Å². The molecule has 0 aromatic heterocycles. The second kappa shape index (κ2) is 17.0. The molecule has 250 valence electrons. The van der Waals surface area contributed by atoms with E-state index in [0.29, 0.717) is 33.9 Å². The van der Waals surface area contributed by atoms with Crippen molar-refractivity contribution in [1.29, 1.82) is 0 Å². The zero-order valence-electron chi connectivity index (χ0n) is 27.3. The van der Waals surface area contributed by atoms with Crippen molar-refractivity contribution in [3.05, 3.63) is 196 Å². The van der Waals surface area contributed by atoms with Gasteiger partial charge in [-0.2, -0.15) is 0 Å². The molecular formula is C43H35ClO6. The summed E-state index contributed by atoms with van der Waals surface area (Å²) in [4.78, 5) is 26.3. The first-order valence-corrected chi connectivity index (χ1v) is 16.6. The third-order valence-corrected chi connectivity index (χ3v) is 8.24. The number of hydrogen-bond donors (Lipinski definition) is 0. The van der Waals surface area contributed by atoms with Crippen LogP contribution in [-0.4, -0.2) is 11.2 Å². The van der Waals surface area contributed by atoms with Crippen LogP contribution in [-0.2, 0) is 37.6 Å². The van der Waals surface area contributed by atoms with Crippen LogP contribution in [0.1, 0.15) is 54.1 Å². The number of halogens is 1. The van der Waals surface area contributed by atoms with Gasteiger partial charge >= 0.3 is 5.97 Å². The molecule has 6 rings (SSSR count). The highest BCUT2D eigenvalue weighted by Crippen LogP contribution is 2.38. The van der Waals surface area contributed by atoms with Crippen LogP contribution in [0.15, 0.2) is 152 Å². The van der Waals surface area contributed by atoms with Crippen molar-refractivity contribution >= 4 is 22.8 Å². The van der Waals surface area contributed by atoms with Gasteiger partial charge in [-0.3, -0.25) is 4.79 Å². The molecule has 0 fully saturated rings. The van der Waals surface area contributed by atoms with Crippen molar-refractivity contribution in [2.75, 3.05) is 0 Å². The van der Waals surface area contributed by atoms with Crippen molar-refractivity contribution in [2.24, 2.45) is 0 Å². The van der Waals surface area contributed by atoms with Crippen LogP contribution in [0.2, 0.25) is 0 Å². The van der Waals surface area contributed by atoms with Crippen LogP contribution < -0.4 is 14.2 Å². The smallest absolute Gasteiger partial charge is 0.338 e. The Balaban J connectivity index is 1.42. The Morgan fingerprint density at radius 2 is 0.880 bits per heavy atom. The molecule has 0 unspecified atom stereocenters. The molecule has 0 aliphatic carbocycles. The minimum atomic E-state index is -0.651. The van der Waals surface area contributed by atoms with Crippen LogP contribution in [0.4, 0.5) is 0 Å². The first-order chi connectivity index (χ1) is 24.5. The lowest BCUT2D eigenvalue weighted by atomic mass is 9.96. The van der Waals surface area contributed by atoms with E-state index in [1.807, 2.05) is 127 Å². The molecule has 50 heavy (non-hydrogen) atoms. The summed E-state index contributed by atoms with van der Waals surface area (Å²) < 4.78 is 25.0. The summed E-state index contributed by atoms with van der Waals surface area (Å²) in [7, 11) is 0. The lowest BCUT2D eigenvalue weighted by Gasteiger charge is -2.21. The Hall–Kier alpha value is -5.85. The summed E-state index contributed by atoms with van der Waals surface area (Å²) in [5.74, 6) is 0.790. The number of ether oxygens (including phenoxy) is 4. The lowest BCUT2D eigenvalue weighted by Crippen LogP contribution is -2.12. The molecule has 0 heterocycles. The van der Waals surface area contributed by atoms with E-state index < -0.39 is 11.2 Å². The van der Waals surface area contributed by atoms with Crippen LogP contribution in [0.3, 0.4) is 0 Å². The Morgan fingerprint density at radius 1 is 0.460 bits per heavy atom. The first-order valence-electron chi connectivity index (χ1n) is 16.2. The van der Waals surface area contributed by atoms with Crippen molar-refractivity contribution in [3.63, 3.8) is 0 Å². The molecule has 0 amide bonds. The number of benzene rings is 6. The topological polar surface area (TPSA) is 71.1 Å². The SMILES string of the molecule is O=C(Cl)c1cc(OCc2ccccc2)c(Cc2c(OCc3ccccc3)cccc2C(=O)OCc2ccccc2)c(OCc2ccccc2)c1. The minimum Gasteiger partial charge on any atom is -0.489 e. The molecule has 6 nitrogen and oxygen atoms in total. The molecule has 0 aliphatic rings. The van der Waals surface area contributed by atoms with Gasteiger partial charge in [0.25, 0.3) is 5.24 Å². The van der Waals surface area contributed by atoms with E-state index in [1.165, 1.54) is 0 Å². The highest BCUT2D eigenvalue weighted by atomic mass is 35.5. The number of hydrogen-bond acceptors (Lipinski definition) is 6. The molecule has 0 radical (unpaired) electrons. The highest BCUT2D eigenvalue weighted by molar-refractivity contribution is 6.67. The summed E-state index contributed by atoms with van der Waals surface area (Å²) in [6.07, 6.45) is 0.158. The molecule has 0 N–H and O–H groups in total. The normalized spacial score (nSPS) is 10.7. The second-order valence-electron chi connectivity index (χ2n) is 11.6. The van der Waals surface area contributed by atoms with Gasteiger partial charge in [-0.25, -0.2) is 4.79 Å². The molecule has 6 aromatic carbocycles. The Labute approximate surface area is 296 Å². The zero-order chi connectivity index (χ0) is 34.5. The van der Waals surface area contributed by atoms with Gasteiger partial charge in [-0.05, 0) is 58.1 Å². The Kier molecular flexibility index (Phi) is 11.6. The van der Waals surface area contributed by atoms with Crippen LogP contribution >= 0.6 is 11.6 Å². The first kappa shape index (κ1) is 34.0. The van der Waals surface area contributed by atoms with E-state index in [1.54, 1.807) is 24.3 Å². The highest BCUT2D eigenvalue weighted by Gasteiger charge is 2.24. The molecule has 0 spiro atoms. The van der Waals surface area contributed by atoms with Crippen LogP contribution in [0, 0.1) is 0 Å². The summed E-state index contributed by atoms with van der Waals surface area (Å²) >= 11 is 6.04. The fraction of sp³-hybridized carbons (Fsp3) is 0.116. The van der Waals surface area contributed by atoms with Crippen LogP contribution in [0.5, 0.6) is 17.2 Å². The van der Waals surface area contributed by atoms with Gasteiger partial charge < -0.3 is 18.9 Å². The monoisotopic (exact) mass is 682 g/mol. The van der Waals surface area contributed by atoms with Crippen molar-refractivity contribution in [1.82, 2.24) is 0 Å². The predicted octanol–water partition coefficient (Wildman–Crippen LogP) is 9.75. The fourth-order valence-corrected chi connectivity index (χ4v) is 5.53. The Bertz CT molecular complexity index is 1950. The van der Waals surface area contributed by atoms with Crippen molar-refractivity contribution in [3.8, 4) is 17.2 Å². The summed E-state index contributed by atoms with van der Waals surface area (Å²) in [5, 5.41) is -0.651. The summed E-state index contributed by atoms with van der Waals surface area (Å²) in [6, 6.07) is 47.3. The molecule has 6 aromatic rings. The van der Waals surface area contributed by atoms with E-state index in [9.17, 15) is 9.59 Å². The lowest BCUT2D eigenvalue weighted by molar-refractivity contribution is 0.0470. The van der Waals surface area contributed by atoms with E-state index in [4.69, 9.17) is 30.5 Å². The maximum atomic E-state index is 13.8. The zero-order valence-corrected chi connectivity index (χ0v) is 28.1. The quantitative estimate of drug-likeness (QED) is 0.0793. The maximum Gasteiger partial charge on any atom is 0.338 e. The van der Waals surface area contributed by atoms with Crippen molar-refractivity contribution in [2.45, 2.75) is 32.8 Å². The van der Waals surface area contributed by atoms with Gasteiger partial charge in [-0.15, -0.1) is 0 Å². The van der Waals surface area contributed by atoms with Gasteiger partial charge in [-0.1, -0.05) is 127 Å². The standard InChI is InChI=1S/C43H35ClO6/c44-42(45)35-24-40(48-28-32-16-7-2-8-17-32)38(41(25-35)49-29-33-18-9-3-10-19-33)26-37-36(43(46)50-30-34-20-11-4-12-21-34)22-13-23-39(37)47-27-31-14-5-1-6-15-31/h1-25H,26-30H2. The summed E-state index contributed by atoms with van der Waals surface area (Å²) in [5.41, 5.74) is 5.47. The summed E-state index contributed by atoms with van der Waals surface area (Å²) in [6.45, 7) is 0.844. The molecule has 0 atom stereocenters. The van der Waals surface area contributed by atoms with E-state index in [-0.39, 0.29) is 38.4 Å². The third-order valence-electron chi connectivity index (χ3n) is 8.03. The number of carbonyl (C=O) groups is 2. The van der Waals surface area contributed by atoms with Gasteiger partial charge in [0.15, 0.2) is 0 Å². The average Bonchev–Trinajstić information content (AvgIpc) is 3.16. The van der Waals surface area contributed by atoms with Gasteiger partial charge in [0.2, 0.25) is 0 Å². The molecule has 0 saturated carbocycles. The van der Waals surface area contributed by atoms with Crippen LogP contribution in [0.25, 0.3) is 0 Å². The maximum absolute atomic E-state index is 13.8. The van der Waals surface area contributed by atoms with Crippen molar-refractivity contribution < 1.29 is 28.5 Å². The van der Waals surface area contributed by atoms with E-state index in [0.717, 1.165) is 22.3 Å². The molecule has 0 bridgehead atoms. The largest absolute Gasteiger partial charge is 0.489 e. The minimum absolute atomic E-state index is 0.109. The molecule has 7 heteroatoms. The predicted molar refractivity (Wildman–Crippen MR) is 194 cm³/mol. The number of rotatable bonds is 15. The van der Waals surface area contributed by atoms with Gasteiger partial charge in [0.1, 0.15) is 43.7 Å². The molecular weight excluding hydrogens is 648 g/mol. The Morgan fingerprint density at radius 3 is 1.32 bits per heavy atom.